The van der Waals surface area contributed by atoms with E-state index in [4.69, 9.17) is 0 Å². The standard InChI is InChI=1S/C12H20N4O2S2/c1-9-8-19-12-15-10(2)11(16(9)12)7-13-5-4-6-14-20(3,17)18/h8,13-14H,4-7H2,1-3H3. The molecular formula is C12H20N4O2S2. The van der Waals surface area contributed by atoms with E-state index in [-0.39, 0.29) is 0 Å². The Morgan fingerprint density at radius 3 is 2.80 bits per heavy atom. The number of rotatable bonds is 7. The maximum Gasteiger partial charge on any atom is 0.208 e. The van der Waals surface area contributed by atoms with Crippen molar-refractivity contribution in [2.45, 2.75) is 26.8 Å². The van der Waals surface area contributed by atoms with Crippen LogP contribution < -0.4 is 10.0 Å². The highest BCUT2D eigenvalue weighted by Gasteiger charge is 2.11. The molecule has 0 atom stereocenters. The fraction of sp³-hybridized carbons (Fsp3) is 0.583. The molecule has 0 amide bonds. The van der Waals surface area contributed by atoms with E-state index in [2.05, 4.69) is 31.7 Å². The van der Waals surface area contributed by atoms with E-state index < -0.39 is 10.0 Å². The molecule has 6 nitrogen and oxygen atoms in total. The summed E-state index contributed by atoms with van der Waals surface area (Å²) >= 11 is 1.65. The molecule has 2 heterocycles. The van der Waals surface area contributed by atoms with Crippen LogP contribution in [0, 0.1) is 13.8 Å². The summed E-state index contributed by atoms with van der Waals surface area (Å²) in [7, 11) is -3.08. The Bertz CT molecular complexity index is 688. The van der Waals surface area contributed by atoms with Crippen LogP contribution in [0.2, 0.25) is 0 Å². The van der Waals surface area contributed by atoms with Crippen LogP contribution in [-0.2, 0) is 16.6 Å². The lowest BCUT2D eigenvalue weighted by atomic mass is 10.3. The van der Waals surface area contributed by atoms with Gasteiger partial charge in [0, 0.05) is 24.2 Å². The highest BCUT2D eigenvalue weighted by molar-refractivity contribution is 7.88. The maximum atomic E-state index is 10.9. The van der Waals surface area contributed by atoms with Crippen molar-refractivity contribution in [1.29, 1.82) is 0 Å². The number of aromatic nitrogens is 2. The second kappa shape index (κ2) is 6.21. The molecular weight excluding hydrogens is 296 g/mol. The molecule has 2 aromatic rings. The second-order valence-electron chi connectivity index (χ2n) is 4.84. The van der Waals surface area contributed by atoms with E-state index >= 15 is 0 Å². The van der Waals surface area contributed by atoms with Gasteiger partial charge in [0.1, 0.15) is 0 Å². The topological polar surface area (TPSA) is 75.5 Å². The smallest absolute Gasteiger partial charge is 0.208 e. The van der Waals surface area contributed by atoms with Gasteiger partial charge >= 0.3 is 0 Å². The van der Waals surface area contributed by atoms with Crippen LogP contribution in [0.1, 0.15) is 23.5 Å². The Kier molecular flexibility index (Phi) is 4.79. The summed E-state index contributed by atoms with van der Waals surface area (Å²) in [6.45, 7) is 6.05. The molecule has 8 heteroatoms. The highest BCUT2D eigenvalue weighted by Crippen LogP contribution is 2.20. The number of nitrogens with zero attached hydrogens (tertiary/aromatic N) is 2. The van der Waals surface area contributed by atoms with Gasteiger partial charge in [0.05, 0.1) is 17.6 Å². The number of hydrogen-bond acceptors (Lipinski definition) is 5. The summed E-state index contributed by atoms with van der Waals surface area (Å²) in [6.07, 6.45) is 1.93. The summed E-state index contributed by atoms with van der Waals surface area (Å²) in [5.41, 5.74) is 3.41. The SMILES string of the molecule is Cc1nc2scc(C)n2c1CNCCCNS(C)(=O)=O. The number of thiazole rings is 1. The first-order chi connectivity index (χ1) is 9.38. The average Bonchev–Trinajstić information content (AvgIpc) is 2.83. The van der Waals surface area contributed by atoms with Gasteiger partial charge in [-0.2, -0.15) is 0 Å². The van der Waals surface area contributed by atoms with E-state index in [0.29, 0.717) is 6.54 Å². The van der Waals surface area contributed by atoms with Crippen molar-refractivity contribution in [3.05, 3.63) is 22.5 Å². The number of hydrogen-bond donors (Lipinski definition) is 2. The third-order valence-corrected chi connectivity index (χ3v) is 4.69. The molecule has 0 bridgehead atoms. The quantitative estimate of drug-likeness (QED) is 0.749. The first-order valence-electron chi connectivity index (χ1n) is 6.46. The molecule has 20 heavy (non-hydrogen) atoms. The van der Waals surface area contributed by atoms with E-state index in [9.17, 15) is 8.42 Å². The van der Waals surface area contributed by atoms with Gasteiger partial charge in [0.15, 0.2) is 4.96 Å². The van der Waals surface area contributed by atoms with Gasteiger partial charge in [-0.1, -0.05) is 0 Å². The third kappa shape index (κ3) is 3.78. The summed E-state index contributed by atoms with van der Waals surface area (Å²) < 4.78 is 26.5. The van der Waals surface area contributed by atoms with Gasteiger partial charge in [-0.25, -0.2) is 18.1 Å². The zero-order valence-electron chi connectivity index (χ0n) is 11.9. The van der Waals surface area contributed by atoms with Crippen molar-refractivity contribution in [1.82, 2.24) is 19.4 Å². The molecule has 2 aromatic heterocycles. The van der Waals surface area contributed by atoms with E-state index in [1.165, 1.54) is 17.6 Å². The largest absolute Gasteiger partial charge is 0.311 e. The molecule has 0 saturated carbocycles. The van der Waals surface area contributed by atoms with E-state index in [1.54, 1.807) is 11.3 Å². The van der Waals surface area contributed by atoms with Gasteiger partial charge in [0.2, 0.25) is 10.0 Å². The van der Waals surface area contributed by atoms with Crippen LogP contribution in [0.15, 0.2) is 5.38 Å². The Labute approximate surface area is 123 Å². The maximum absolute atomic E-state index is 10.9. The predicted octanol–water partition coefficient (Wildman–Crippen LogP) is 1.04. The fourth-order valence-electron chi connectivity index (χ4n) is 2.05. The Balaban J connectivity index is 1.84. The molecule has 112 valence electrons. The fourth-order valence-corrected chi connectivity index (χ4v) is 3.50. The number of aryl methyl sites for hydroxylation is 2. The van der Waals surface area contributed by atoms with Gasteiger partial charge in [-0.15, -0.1) is 11.3 Å². The molecule has 0 unspecified atom stereocenters. The van der Waals surface area contributed by atoms with E-state index in [1.807, 2.05) is 6.92 Å². The lowest BCUT2D eigenvalue weighted by molar-refractivity contribution is 0.578. The molecule has 0 aliphatic carbocycles. The van der Waals surface area contributed by atoms with Crippen molar-refractivity contribution < 1.29 is 8.42 Å². The molecule has 0 aliphatic heterocycles. The minimum Gasteiger partial charge on any atom is -0.311 e. The predicted molar refractivity (Wildman–Crippen MR) is 81.7 cm³/mol. The normalized spacial score (nSPS) is 12.3. The number of imidazole rings is 1. The average molecular weight is 316 g/mol. The van der Waals surface area contributed by atoms with E-state index in [0.717, 1.165) is 30.2 Å². The van der Waals surface area contributed by atoms with Crippen molar-refractivity contribution in [2.75, 3.05) is 19.3 Å². The molecule has 0 saturated heterocycles. The van der Waals surface area contributed by atoms with Gasteiger partial charge < -0.3 is 5.32 Å². The van der Waals surface area contributed by atoms with Crippen LogP contribution in [0.25, 0.3) is 4.96 Å². The van der Waals surface area contributed by atoms with Crippen LogP contribution in [0.5, 0.6) is 0 Å². The van der Waals surface area contributed by atoms with Crippen molar-refractivity contribution in [3.63, 3.8) is 0 Å². The molecule has 0 radical (unpaired) electrons. The lowest BCUT2D eigenvalue weighted by Gasteiger charge is -2.06. The zero-order chi connectivity index (χ0) is 14.8. The first-order valence-corrected chi connectivity index (χ1v) is 9.23. The van der Waals surface area contributed by atoms with Crippen LogP contribution in [0.4, 0.5) is 0 Å². The lowest BCUT2D eigenvalue weighted by Crippen LogP contribution is -2.26. The zero-order valence-corrected chi connectivity index (χ0v) is 13.6. The highest BCUT2D eigenvalue weighted by atomic mass is 32.2. The number of sulfonamides is 1. The Hall–Kier alpha value is -0.960. The minimum absolute atomic E-state index is 0.462. The van der Waals surface area contributed by atoms with Crippen LogP contribution >= 0.6 is 11.3 Å². The summed E-state index contributed by atoms with van der Waals surface area (Å²) in [5, 5.41) is 5.43. The molecule has 0 fully saturated rings. The van der Waals surface area contributed by atoms with Crippen LogP contribution in [-0.4, -0.2) is 37.1 Å². The van der Waals surface area contributed by atoms with Gasteiger partial charge in [-0.3, -0.25) is 4.40 Å². The number of fused-ring (bicyclic) bond motifs is 1. The first kappa shape index (κ1) is 15.4. The second-order valence-corrected chi connectivity index (χ2v) is 7.51. The molecule has 0 spiro atoms. The van der Waals surface area contributed by atoms with Crippen molar-refractivity contribution >= 4 is 26.3 Å². The van der Waals surface area contributed by atoms with Crippen LogP contribution in [0.3, 0.4) is 0 Å². The third-order valence-electron chi connectivity index (χ3n) is 3.02. The summed E-state index contributed by atoms with van der Waals surface area (Å²) in [6, 6.07) is 0. The Morgan fingerprint density at radius 1 is 1.35 bits per heavy atom. The molecule has 0 aliphatic rings. The van der Waals surface area contributed by atoms with Crippen molar-refractivity contribution in [2.24, 2.45) is 0 Å². The minimum atomic E-state index is -3.08. The monoisotopic (exact) mass is 316 g/mol. The summed E-state index contributed by atoms with van der Waals surface area (Å²) in [5.74, 6) is 0. The van der Waals surface area contributed by atoms with Gasteiger partial charge in [0.25, 0.3) is 0 Å². The molecule has 2 rings (SSSR count). The van der Waals surface area contributed by atoms with Crippen molar-refractivity contribution in [3.8, 4) is 0 Å². The Morgan fingerprint density at radius 2 is 2.10 bits per heavy atom. The molecule has 2 N–H and O–H groups in total. The molecule has 0 aromatic carbocycles. The summed E-state index contributed by atoms with van der Waals surface area (Å²) in [4.78, 5) is 5.55. The van der Waals surface area contributed by atoms with Gasteiger partial charge in [-0.05, 0) is 26.8 Å². The number of nitrogens with one attached hydrogen (secondary N) is 2.